The van der Waals surface area contributed by atoms with Gasteiger partial charge in [-0.2, -0.15) is 0 Å². The van der Waals surface area contributed by atoms with Crippen LogP contribution in [0.5, 0.6) is 0 Å². The van der Waals surface area contributed by atoms with Gasteiger partial charge in [-0.3, -0.25) is 14.4 Å². The molecule has 0 spiro atoms. The standard InChI is InChI=1S/C23H26N4O4/c1-16-19(20-21(31-16)24-15-25(2)22(20)29)23(30)27-13-11-26(12-14-27)18(28)10-6-9-17-7-4-3-5-8-17/h3-5,7-8,15H,6,9-14H2,1-2H3. The van der Waals surface area contributed by atoms with Crippen LogP contribution in [0.1, 0.15) is 34.5 Å². The minimum absolute atomic E-state index is 0.117. The van der Waals surface area contributed by atoms with Crippen molar-refractivity contribution in [3.8, 4) is 0 Å². The molecule has 0 unspecified atom stereocenters. The van der Waals surface area contributed by atoms with Gasteiger partial charge in [0.25, 0.3) is 11.5 Å². The molecule has 0 aliphatic carbocycles. The van der Waals surface area contributed by atoms with E-state index >= 15 is 0 Å². The highest BCUT2D eigenvalue weighted by Gasteiger charge is 2.29. The highest BCUT2D eigenvalue weighted by Crippen LogP contribution is 2.23. The molecule has 8 heteroatoms. The number of benzene rings is 1. The first-order chi connectivity index (χ1) is 15.0. The second kappa shape index (κ2) is 8.75. The third kappa shape index (κ3) is 4.23. The van der Waals surface area contributed by atoms with E-state index in [0.717, 1.165) is 12.8 Å². The van der Waals surface area contributed by atoms with E-state index in [1.807, 2.05) is 23.1 Å². The summed E-state index contributed by atoms with van der Waals surface area (Å²) in [5, 5.41) is 0.215. The number of piperazine rings is 1. The quantitative estimate of drug-likeness (QED) is 0.629. The van der Waals surface area contributed by atoms with Gasteiger partial charge in [0, 0.05) is 39.6 Å². The number of carbonyl (C=O) groups is 2. The zero-order chi connectivity index (χ0) is 22.0. The van der Waals surface area contributed by atoms with E-state index in [-0.39, 0.29) is 34.0 Å². The van der Waals surface area contributed by atoms with Crippen LogP contribution in [0.25, 0.3) is 11.1 Å². The topological polar surface area (TPSA) is 88.6 Å². The Labute approximate surface area is 180 Å². The molecule has 3 aromatic rings. The Morgan fingerprint density at radius 1 is 1.06 bits per heavy atom. The molecule has 0 N–H and O–H groups in total. The fraction of sp³-hybridized carbons (Fsp3) is 0.391. The smallest absolute Gasteiger partial charge is 0.265 e. The number of hydrogen-bond donors (Lipinski definition) is 0. The van der Waals surface area contributed by atoms with Crippen LogP contribution in [0.4, 0.5) is 0 Å². The first-order valence-corrected chi connectivity index (χ1v) is 10.5. The Morgan fingerprint density at radius 3 is 2.45 bits per heavy atom. The van der Waals surface area contributed by atoms with Crippen molar-refractivity contribution in [2.24, 2.45) is 7.05 Å². The number of amides is 2. The summed E-state index contributed by atoms with van der Waals surface area (Å²) in [6.07, 6.45) is 3.55. The third-order valence-corrected chi connectivity index (χ3v) is 5.78. The number of nitrogens with zero attached hydrogens (tertiary/aromatic N) is 4. The predicted molar refractivity (Wildman–Crippen MR) is 116 cm³/mol. The van der Waals surface area contributed by atoms with Gasteiger partial charge in [0.1, 0.15) is 17.5 Å². The van der Waals surface area contributed by atoms with E-state index in [2.05, 4.69) is 17.1 Å². The number of carbonyl (C=O) groups excluding carboxylic acids is 2. The predicted octanol–water partition coefficient (Wildman–Crippen LogP) is 2.14. The van der Waals surface area contributed by atoms with Crippen LogP contribution in [0.2, 0.25) is 0 Å². The second-order valence-electron chi connectivity index (χ2n) is 7.89. The van der Waals surface area contributed by atoms with E-state index in [1.165, 1.54) is 16.5 Å². The molecule has 8 nitrogen and oxygen atoms in total. The van der Waals surface area contributed by atoms with Gasteiger partial charge in [0.05, 0.1) is 5.56 Å². The lowest BCUT2D eigenvalue weighted by Gasteiger charge is -2.34. The van der Waals surface area contributed by atoms with Gasteiger partial charge in [-0.1, -0.05) is 30.3 Å². The summed E-state index contributed by atoms with van der Waals surface area (Å²) in [5.74, 6) is 0.249. The molecule has 2 aromatic heterocycles. The average molecular weight is 422 g/mol. The summed E-state index contributed by atoms with van der Waals surface area (Å²) in [6, 6.07) is 10.1. The highest BCUT2D eigenvalue weighted by molar-refractivity contribution is 6.06. The lowest BCUT2D eigenvalue weighted by molar-refractivity contribution is -0.132. The van der Waals surface area contributed by atoms with E-state index in [1.54, 1.807) is 18.9 Å². The molecule has 0 atom stereocenters. The minimum Gasteiger partial charge on any atom is -0.442 e. The van der Waals surface area contributed by atoms with Crippen LogP contribution >= 0.6 is 0 Å². The van der Waals surface area contributed by atoms with Gasteiger partial charge in [-0.15, -0.1) is 0 Å². The van der Waals surface area contributed by atoms with Crippen molar-refractivity contribution in [3.63, 3.8) is 0 Å². The fourth-order valence-corrected chi connectivity index (χ4v) is 4.01. The van der Waals surface area contributed by atoms with Crippen molar-refractivity contribution in [2.75, 3.05) is 26.2 Å². The summed E-state index contributed by atoms with van der Waals surface area (Å²) in [7, 11) is 1.59. The largest absolute Gasteiger partial charge is 0.442 e. The molecule has 0 bridgehead atoms. The van der Waals surface area contributed by atoms with Gasteiger partial charge < -0.3 is 18.8 Å². The molecule has 4 rings (SSSR count). The Bertz CT molecular complexity index is 1160. The number of fused-ring (bicyclic) bond motifs is 1. The first-order valence-electron chi connectivity index (χ1n) is 10.5. The molecule has 162 valence electrons. The Balaban J connectivity index is 1.37. The maximum absolute atomic E-state index is 13.2. The summed E-state index contributed by atoms with van der Waals surface area (Å²) in [6.45, 7) is 3.49. The van der Waals surface area contributed by atoms with Crippen molar-refractivity contribution < 1.29 is 14.0 Å². The number of rotatable bonds is 5. The summed E-state index contributed by atoms with van der Waals surface area (Å²) >= 11 is 0. The zero-order valence-corrected chi connectivity index (χ0v) is 17.8. The van der Waals surface area contributed by atoms with Crippen LogP contribution in [0.15, 0.2) is 45.9 Å². The molecule has 31 heavy (non-hydrogen) atoms. The number of hydrogen-bond acceptors (Lipinski definition) is 5. The van der Waals surface area contributed by atoms with E-state index < -0.39 is 0 Å². The monoisotopic (exact) mass is 422 g/mol. The van der Waals surface area contributed by atoms with Crippen molar-refractivity contribution in [1.29, 1.82) is 0 Å². The SMILES string of the molecule is Cc1oc2ncn(C)c(=O)c2c1C(=O)N1CCN(C(=O)CCCc2ccccc2)CC1. The molecule has 2 amide bonds. The number of aromatic nitrogens is 2. The molecule has 1 aliphatic heterocycles. The third-order valence-electron chi connectivity index (χ3n) is 5.78. The van der Waals surface area contributed by atoms with E-state index in [4.69, 9.17) is 4.42 Å². The highest BCUT2D eigenvalue weighted by atomic mass is 16.3. The maximum atomic E-state index is 13.2. The zero-order valence-electron chi connectivity index (χ0n) is 17.8. The van der Waals surface area contributed by atoms with Crippen LogP contribution < -0.4 is 5.56 Å². The van der Waals surface area contributed by atoms with Gasteiger partial charge >= 0.3 is 0 Å². The summed E-state index contributed by atoms with van der Waals surface area (Å²) in [4.78, 5) is 45.8. The van der Waals surface area contributed by atoms with Gasteiger partial charge in [-0.25, -0.2) is 4.98 Å². The normalized spacial score (nSPS) is 14.3. The average Bonchev–Trinajstić information content (AvgIpc) is 3.13. The number of furan rings is 1. The van der Waals surface area contributed by atoms with E-state index in [0.29, 0.717) is 38.4 Å². The molecule has 1 aromatic carbocycles. The second-order valence-corrected chi connectivity index (χ2v) is 7.89. The van der Waals surface area contributed by atoms with Crippen LogP contribution in [-0.2, 0) is 18.3 Å². The first kappa shape index (κ1) is 20.8. The lowest BCUT2D eigenvalue weighted by Crippen LogP contribution is -2.50. The van der Waals surface area contributed by atoms with Crippen molar-refractivity contribution in [2.45, 2.75) is 26.2 Å². The Hall–Kier alpha value is -3.42. The van der Waals surface area contributed by atoms with Crippen LogP contribution in [0, 0.1) is 6.92 Å². The molecular formula is C23H26N4O4. The fourth-order valence-electron chi connectivity index (χ4n) is 4.01. The molecule has 0 saturated carbocycles. The minimum atomic E-state index is -0.308. The van der Waals surface area contributed by atoms with E-state index in [9.17, 15) is 14.4 Å². The van der Waals surface area contributed by atoms with Crippen LogP contribution in [0.3, 0.4) is 0 Å². The van der Waals surface area contributed by atoms with Gasteiger partial charge in [0.2, 0.25) is 11.6 Å². The van der Waals surface area contributed by atoms with Gasteiger partial charge in [-0.05, 0) is 25.3 Å². The van der Waals surface area contributed by atoms with Crippen molar-refractivity contribution >= 4 is 22.9 Å². The molecule has 0 radical (unpaired) electrons. The molecular weight excluding hydrogens is 396 g/mol. The summed E-state index contributed by atoms with van der Waals surface area (Å²) < 4.78 is 6.88. The van der Waals surface area contributed by atoms with Crippen molar-refractivity contribution in [3.05, 3.63) is 63.9 Å². The molecule has 1 fully saturated rings. The maximum Gasteiger partial charge on any atom is 0.265 e. The Morgan fingerprint density at radius 2 is 1.74 bits per heavy atom. The lowest BCUT2D eigenvalue weighted by atomic mass is 10.1. The molecule has 1 aliphatic rings. The van der Waals surface area contributed by atoms with Crippen LogP contribution in [-0.4, -0.2) is 57.3 Å². The van der Waals surface area contributed by atoms with Gasteiger partial charge in [0.15, 0.2) is 0 Å². The number of aryl methyl sites for hydroxylation is 3. The van der Waals surface area contributed by atoms with Crippen molar-refractivity contribution in [1.82, 2.24) is 19.4 Å². The molecule has 3 heterocycles. The Kier molecular flexibility index (Phi) is 5.88. The summed E-state index contributed by atoms with van der Waals surface area (Å²) in [5.41, 5.74) is 1.37. The molecule has 1 saturated heterocycles.